The number of piperazine rings is 1. The molecule has 6 atom stereocenters. The van der Waals surface area contributed by atoms with Gasteiger partial charge in [0, 0.05) is 17.6 Å². The number of carbonyl (C=O) groups is 1. The predicted molar refractivity (Wildman–Crippen MR) is 85.9 cm³/mol. The Morgan fingerprint density at radius 1 is 1.38 bits per heavy atom. The second-order valence-electron chi connectivity index (χ2n) is 7.40. The summed E-state index contributed by atoms with van der Waals surface area (Å²) in [6, 6.07) is 6.76. The fourth-order valence-electron chi connectivity index (χ4n) is 5.63. The summed E-state index contributed by atoms with van der Waals surface area (Å²) in [5.74, 6) is -0.0724. The number of carboxylic acids is 1. The number of nitrogens with zero attached hydrogens (tertiary/aromatic N) is 2. The van der Waals surface area contributed by atoms with Crippen molar-refractivity contribution in [2.75, 3.05) is 20.8 Å². The maximum Gasteiger partial charge on any atom is 0.308 e. The molecule has 5 rings (SSSR count). The summed E-state index contributed by atoms with van der Waals surface area (Å²) in [6.45, 7) is 0.656. The molecular formula is C18H22N2O4. The van der Waals surface area contributed by atoms with Crippen molar-refractivity contribution in [1.82, 2.24) is 9.80 Å². The van der Waals surface area contributed by atoms with Gasteiger partial charge in [0.15, 0.2) is 0 Å². The smallest absolute Gasteiger partial charge is 0.308 e. The Morgan fingerprint density at radius 2 is 2.21 bits per heavy atom. The van der Waals surface area contributed by atoms with E-state index >= 15 is 0 Å². The summed E-state index contributed by atoms with van der Waals surface area (Å²) in [7, 11) is 3.77. The van der Waals surface area contributed by atoms with Crippen LogP contribution in [0.3, 0.4) is 0 Å². The third-order valence-corrected chi connectivity index (χ3v) is 6.54. The minimum absolute atomic E-state index is 0.0105. The Labute approximate surface area is 140 Å². The maximum absolute atomic E-state index is 11.8. The molecule has 0 unspecified atom stereocenters. The minimum atomic E-state index is -0.677. The lowest BCUT2D eigenvalue weighted by molar-refractivity contribution is -0.144. The van der Waals surface area contributed by atoms with E-state index in [9.17, 15) is 9.90 Å². The van der Waals surface area contributed by atoms with Crippen molar-refractivity contribution < 1.29 is 19.4 Å². The highest BCUT2D eigenvalue weighted by molar-refractivity contribution is 5.72. The Kier molecular flexibility index (Phi) is 3.02. The third-order valence-electron chi connectivity index (χ3n) is 6.54. The monoisotopic (exact) mass is 330 g/mol. The standard InChI is InChI=1S/C18H22N2O4/c1-19-12-7-10(18(21)22)16(19)11-6-9-4-3-5-14(23-2)15(9)13-8-24-17(12)20(11)13/h3-5,10-13,16-17H,6-8H2,1-2H3,(H,21,22)/t10-,11-,12-,13+,16+,17+/m0/s1. The van der Waals surface area contributed by atoms with E-state index in [1.54, 1.807) is 7.11 Å². The Hall–Kier alpha value is -1.63. The fraction of sp³-hybridized carbons (Fsp3) is 0.611. The van der Waals surface area contributed by atoms with Crippen molar-refractivity contribution in [3.8, 4) is 5.75 Å². The van der Waals surface area contributed by atoms with Crippen molar-refractivity contribution in [1.29, 1.82) is 0 Å². The number of hydrogen-bond donors (Lipinski definition) is 1. The van der Waals surface area contributed by atoms with Gasteiger partial charge in [-0.25, -0.2) is 0 Å². The average Bonchev–Trinajstić information content (AvgIpc) is 3.10. The second-order valence-corrected chi connectivity index (χ2v) is 7.40. The number of carboxylic acid groups (broad SMARTS) is 1. The zero-order valence-electron chi connectivity index (χ0n) is 13.9. The van der Waals surface area contributed by atoms with E-state index in [-0.39, 0.29) is 36.3 Å². The molecule has 4 aliphatic rings. The number of fused-ring (bicyclic) bond motifs is 6. The van der Waals surface area contributed by atoms with E-state index in [0.717, 1.165) is 12.2 Å². The molecule has 1 N–H and O–H groups in total. The molecule has 4 aliphatic heterocycles. The average molecular weight is 330 g/mol. The first-order chi connectivity index (χ1) is 11.6. The lowest BCUT2D eigenvalue weighted by Gasteiger charge is -2.51. The van der Waals surface area contributed by atoms with Gasteiger partial charge in [-0.3, -0.25) is 14.6 Å². The minimum Gasteiger partial charge on any atom is -0.496 e. The predicted octanol–water partition coefficient (Wildman–Crippen LogP) is 1.11. The number of rotatable bonds is 2. The number of methoxy groups -OCH3 is 1. The first-order valence-corrected chi connectivity index (χ1v) is 8.61. The zero-order valence-corrected chi connectivity index (χ0v) is 13.9. The van der Waals surface area contributed by atoms with Gasteiger partial charge in [-0.1, -0.05) is 12.1 Å². The Balaban J connectivity index is 1.64. The molecule has 0 radical (unpaired) electrons. The molecule has 0 aromatic heterocycles. The van der Waals surface area contributed by atoms with Crippen LogP contribution in [0.5, 0.6) is 5.75 Å². The Morgan fingerprint density at radius 3 is 2.96 bits per heavy atom. The van der Waals surface area contributed by atoms with Crippen LogP contribution in [0.25, 0.3) is 0 Å². The largest absolute Gasteiger partial charge is 0.496 e. The molecule has 0 spiro atoms. The lowest BCUT2D eigenvalue weighted by Crippen LogP contribution is -2.64. The van der Waals surface area contributed by atoms with E-state index in [4.69, 9.17) is 9.47 Å². The van der Waals surface area contributed by atoms with E-state index < -0.39 is 5.97 Å². The summed E-state index contributed by atoms with van der Waals surface area (Å²) in [5, 5.41) is 9.71. The van der Waals surface area contributed by atoms with Gasteiger partial charge in [-0.2, -0.15) is 0 Å². The van der Waals surface area contributed by atoms with Gasteiger partial charge in [0.05, 0.1) is 31.7 Å². The number of benzene rings is 1. The van der Waals surface area contributed by atoms with Crippen molar-refractivity contribution in [3.05, 3.63) is 29.3 Å². The molecule has 6 heteroatoms. The molecule has 3 fully saturated rings. The van der Waals surface area contributed by atoms with Crippen LogP contribution in [0.1, 0.15) is 23.6 Å². The fourth-order valence-corrected chi connectivity index (χ4v) is 5.63. The highest BCUT2D eigenvalue weighted by Gasteiger charge is 2.62. The number of hydrogen-bond acceptors (Lipinski definition) is 5. The zero-order chi connectivity index (χ0) is 16.6. The lowest BCUT2D eigenvalue weighted by atomic mass is 9.82. The van der Waals surface area contributed by atoms with Crippen LogP contribution >= 0.6 is 0 Å². The topological polar surface area (TPSA) is 62.2 Å². The van der Waals surface area contributed by atoms with Crippen LogP contribution in [0.2, 0.25) is 0 Å². The van der Waals surface area contributed by atoms with Crippen molar-refractivity contribution in [2.24, 2.45) is 5.92 Å². The molecule has 1 aromatic rings. The molecule has 0 amide bonds. The van der Waals surface area contributed by atoms with E-state index in [0.29, 0.717) is 13.0 Å². The summed E-state index contributed by atoms with van der Waals surface area (Å²) >= 11 is 0. The SMILES string of the molecule is COc1cccc2c1[C@H]1CO[C@@H]3[C@@H]4C[C@H](C(=O)O)[C@H]([C@H](C2)N13)N4C. The van der Waals surface area contributed by atoms with Crippen LogP contribution in [0, 0.1) is 5.92 Å². The molecule has 24 heavy (non-hydrogen) atoms. The van der Waals surface area contributed by atoms with Gasteiger partial charge in [-0.15, -0.1) is 0 Å². The van der Waals surface area contributed by atoms with Gasteiger partial charge in [0.25, 0.3) is 0 Å². The normalized spacial score (nSPS) is 40.2. The number of likely N-dealkylation sites (N-methyl/N-ethyl adjacent to an activating group) is 1. The van der Waals surface area contributed by atoms with E-state index in [1.165, 1.54) is 11.1 Å². The van der Waals surface area contributed by atoms with Gasteiger partial charge >= 0.3 is 5.97 Å². The number of ether oxygens (including phenoxy) is 2. The van der Waals surface area contributed by atoms with Gasteiger partial charge < -0.3 is 14.6 Å². The molecule has 4 heterocycles. The highest BCUT2D eigenvalue weighted by Crippen LogP contribution is 2.52. The Bertz CT molecular complexity index is 708. The first kappa shape index (κ1) is 14.7. The summed E-state index contributed by atoms with van der Waals surface area (Å²) < 4.78 is 11.8. The van der Waals surface area contributed by atoms with Crippen molar-refractivity contribution in [2.45, 2.75) is 43.2 Å². The molecule has 6 nitrogen and oxygen atoms in total. The van der Waals surface area contributed by atoms with Crippen LogP contribution in [-0.4, -0.2) is 66.0 Å². The van der Waals surface area contributed by atoms with E-state index in [1.807, 2.05) is 12.1 Å². The van der Waals surface area contributed by atoms with Gasteiger partial charge in [-0.05, 0) is 31.5 Å². The van der Waals surface area contributed by atoms with Crippen molar-refractivity contribution in [3.63, 3.8) is 0 Å². The van der Waals surface area contributed by atoms with Crippen LogP contribution < -0.4 is 4.74 Å². The molecule has 128 valence electrons. The molecule has 0 aliphatic carbocycles. The number of aliphatic carboxylic acids is 1. The summed E-state index contributed by atoms with van der Waals surface area (Å²) in [6.07, 6.45) is 1.52. The van der Waals surface area contributed by atoms with Crippen LogP contribution in [0.15, 0.2) is 18.2 Å². The quantitative estimate of drug-likeness (QED) is 0.876. The second kappa shape index (κ2) is 4.94. The van der Waals surface area contributed by atoms with Crippen LogP contribution in [0.4, 0.5) is 0 Å². The molecule has 3 saturated heterocycles. The van der Waals surface area contributed by atoms with Crippen molar-refractivity contribution >= 4 is 5.97 Å². The highest BCUT2D eigenvalue weighted by atomic mass is 16.5. The first-order valence-electron chi connectivity index (χ1n) is 8.61. The molecule has 0 saturated carbocycles. The van der Waals surface area contributed by atoms with E-state index in [2.05, 4.69) is 22.9 Å². The molecule has 1 aromatic carbocycles. The maximum atomic E-state index is 11.8. The third kappa shape index (κ3) is 1.68. The summed E-state index contributed by atoms with van der Waals surface area (Å²) in [4.78, 5) is 16.5. The van der Waals surface area contributed by atoms with Crippen LogP contribution in [-0.2, 0) is 16.0 Å². The molecular weight excluding hydrogens is 308 g/mol. The molecule has 2 bridgehead atoms. The summed E-state index contributed by atoms with van der Waals surface area (Å²) in [5.41, 5.74) is 2.50. The van der Waals surface area contributed by atoms with Gasteiger partial charge in [0.2, 0.25) is 0 Å². The van der Waals surface area contributed by atoms with Gasteiger partial charge in [0.1, 0.15) is 12.0 Å².